The van der Waals surface area contributed by atoms with E-state index >= 15 is 0 Å². The molecule has 2 heterocycles. The van der Waals surface area contributed by atoms with Gasteiger partial charge < -0.3 is 4.74 Å². The highest BCUT2D eigenvalue weighted by molar-refractivity contribution is 7.91. The maximum absolute atomic E-state index is 11.6. The second-order valence-electron chi connectivity index (χ2n) is 5.01. The summed E-state index contributed by atoms with van der Waals surface area (Å²) in [5.74, 6) is 0.508. The van der Waals surface area contributed by atoms with Gasteiger partial charge in [-0.3, -0.25) is 4.90 Å². The zero-order valence-corrected chi connectivity index (χ0v) is 13.0. The van der Waals surface area contributed by atoms with Crippen molar-refractivity contribution < 1.29 is 13.2 Å². The number of rotatable bonds is 6. The number of methoxy groups -OCH3 is 1. The molecule has 5 nitrogen and oxygen atoms in total. The Kier molecular flexibility index (Phi) is 5.37. The van der Waals surface area contributed by atoms with Crippen molar-refractivity contribution in [2.75, 3.05) is 31.8 Å². The Hall–Kier alpha value is -0.690. The molecule has 0 radical (unpaired) electrons. The van der Waals surface area contributed by atoms with Gasteiger partial charge in [-0.15, -0.1) is 0 Å². The molecule has 0 aromatic carbocycles. The molecule has 0 saturated carbocycles. The molecule has 1 aromatic heterocycles. The molecule has 112 valence electrons. The van der Waals surface area contributed by atoms with Gasteiger partial charge >= 0.3 is 0 Å². The van der Waals surface area contributed by atoms with Crippen LogP contribution < -0.4 is 0 Å². The summed E-state index contributed by atoms with van der Waals surface area (Å²) < 4.78 is 28.4. The van der Waals surface area contributed by atoms with Crippen LogP contribution >= 0.6 is 11.6 Å². The van der Waals surface area contributed by atoms with Gasteiger partial charge in [-0.05, 0) is 24.1 Å². The first kappa shape index (κ1) is 15.7. The second kappa shape index (κ2) is 6.85. The molecule has 20 heavy (non-hydrogen) atoms. The van der Waals surface area contributed by atoms with E-state index in [-0.39, 0.29) is 17.5 Å². The van der Waals surface area contributed by atoms with Crippen molar-refractivity contribution in [3.05, 3.63) is 29.0 Å². The van der Waals surface area contributed by atoms with E-state index in [9.17, 15) is 8.42 Å². The monoisotopic (exact) mass is 318 g/mol. The molecule has 7 heteroatoms. The van der Waals surface area contributed by atoms with Crippen molar-refractivity contribution >= 4 is 21.4 Å². The summed E-state index contributed by atoms with van der Waals surface area (Å²) >= 11 is 5.89. The molecule has 0 bridgehead atoms. The molecule has 0 amide bonds. The fraction of sp³-hybridized carbons (Fsp3) is 0.615. The fourth-order valence-corrected chi connectivity index (χ4v) is 4.40. The summed E-state index contributed by atoms with van der Waals surface area (Å²) in [4.78, 5) is 6.11. The Morgan fingerprint density at radius 2 is 2.35 bits per heavy atom. The minimum absolute atomic E-state index is 0.0575. The SMILES string of the molecule is COCCN(Cc1ccnc(Cl)c1)[C@@H]1CCS(=O)(=O)C1. The van der Waals surface area contributed by atoms with Crippen molar-refractivity contribution in [1.82, 2.24) is 9.88 Å². The van der Waals surface area contributed by atoms with E-state index in [0.717, 1.165) is 5.56 Å². The van der Waals surface area contributed by atoms with Crippen molar-refractivity contribution in [2.45, 2.75) is 19.0 Å². The van der Waals surface area contributed by atoms with Crippen LogP contribution in [-0.4, -0.2) is 56.1 Å². The van der Waals surface area contributed by atoms with Crippen LogP contribution in [-0.2, 0) is 21.1 Å². The summed E-state index contributed by atoms with van der Waals surface area (Å²) in [6.45, 7) is 1.94. The lowest BCUT2D eigenvalue weighted by atomic mass is 10.2. The van der Waals surface area contributed by atoms with E-state index in [1.165, 1.54) is 0 Å². The number of aromatic nitrogens is 1. The quantitative estimate of drug-likeness (QED) is 0.741. The van der Waals surface area contributed by atoms with Crippen LogP contribution in [0, 0.1) is 0 Å². The highest BCUT2D eigenvalue weighted by Gasteiger charge is 2.32. The lowest BCUT2D eigenvalue weighted by Crippen LogP contribution is -2.38. The van der Waals surface area contributed by atoms with E-state index in [1.54, 1.807) is 13.3 Å². The van der Waals surface area contributed by atoms with Crippen LogP contribution in [0.1, 0.15) is 12.0 Å². The van der Waals surface area contributed by atoms with Gasteiger partial charge in [0.25, 0.3) is 0 Å². The predicted molar refractivity (Wildman–Crippen MR) is 78.6 cm³/mol. The van der Waals surface area contributed by atoms with Gasteiger partial charge in [0.2, 0.25) is 0 Å². The first-order chi connectivity index (χ1) is 9.50. The average molecular weight is 319 g/mol. The van der Waals surface area contributed by atoms with Crippen LogP contribution in [0.5, 0.6) is 0 Å². The minimum atomic E-state index is -2.89. The maximum atomic E-state index is 11.6. The zero-order valence-electron chi connectivity index (χ0n) is 11.5. The van der Waals surface area contributed by atoms with Crippen molar-refractivity contribution in [1.29, 1.82) is 0 Å². The Labute approximate surface area is 124 Å². The van der Waals surface area contributed by atoms with Crippen LogP contribution in [0.3, 0.4) is 0 Å². The summed E-state index contributed by atoms with van der Waals surface area (Å²) in [5, 5.41) is 0.452. The van der Waals surface area contributed by atoms with Crippen molar-refractivity contribution in [3.63, 3.8) is 0 Å². The Morgan fingerprint density at radius 1 is 1.55 bits per heavy atom. The number of sulfone groups is 1. The molecule has 1 aromatic rings. The summed E-state index contributed by atoms with van der Waals surface area (Å²) in [5.41, 5.74) is 1.03. The highest BCUT2D eigenvalue weighted by Crippen LogP contribution is 2.20. The number of pyridine rings is 1. The largest absolute Gasteiger partial charge is 0.383 e. The van der Waals surface area contributed by atoms with E-state index in [0.29, 0.717) is 31.3 Å². The predicted octanol–water partition coefficient (Wildman–Crippen LogP) is 1.37. The number of nitrogens with zero attached hydrogens (tertiary/aromatic N) is 2. The van der Waals surface area contributed by atoms with Gasteiger partial charge in [0.1, 0.15) is 5.15 Å². The fourth-order valence-electron chi connectivity index (χ4n) is 2.44. The first-order valence-electron chi connectivity index (χ1n) is 6.54. The van der Waals surface area contributed by atoms with Gasteiger partial charge in [0, 0.05) is 32.4 Å². The smallest absolute Gasteiger partial charge is 0.151 e. The van der Waals surface area contributed by atoms with Gasteiger partial charge in [0.05, 0.1) is 18.1 Å². The second-order valence-corrected chi connectivity index (χ2v) is 7.62. The number of hydrogen-bond donors (Lipinski definition) is 0. The maximum Gasteiger partial charge on any atom is 0.151 e. The molecular formula is C13H19ClN2O3S. The average Bonchev–Trinajstić information content (AvgIpc) is 2.75. The summed E-state index contributed by atoms with van der Waals surface area (Å²) in [6.07, 6.45) is 2.35. The molecule has 0 N–H and O–H groups in total. The molecule has 0 unspecified atom stereocenters. The standard InChI is InChI=1S/C13H19ClN2O3S/c1-19-6-5-16(12-3-7-20(17,18)10-12)9-11-2-4-15-13(14)8-11/h2,4,8,12H,3,5-7,9-10H2,1H3/t12-/m1/s1. The number of ether oxygens (including phenoxy) is 1. The van der Waals surface area contributed by atoms with Crippen molar-refractivity contribution in [3.8, 4) is 0 Å². The van der Waals surface area contributed by atoms with E-state index in [1.807, 2.05) is 12.1 Å². The summed E-state index contributed by atoms with van der Waals surface area (Å²) in [6, 6.07) is 3.77. The van der Waals surface area contributed by atoms with Crippen LogP contribution in [0.2, 0.25) is 5.15 Å². The zero-order chi connectivity index (χ0) is 14.6. The molecule has 1 aliphatic rings. The molecular weight excluding hydrogens is 300 g/mol. The molecule has 0 spiro atoms. The lowest BCUT2D eigenvalue weighted by molar-refractivity contribution is 0.121. The Bertz CT molecular complexity index is 550. The summed E-state index contributed by atoms with van der Waals surface area (Å²) in [7, 11) is -1.24. The molecule has 2 rings (SSSR count). The lowest BCUT2D eigenvalue weighted by Gasteiger charge is -2.27. The van der Waals surface area contributed by atoms with Gasteiger partial charge in [-0.2, -0.15) is 0 Å². The van der Waals surface area contributed by atoms with E-state index in [2.05, 4.69) is 9.88 Å². The minimum Gasteiger partial charge on any atom is -0.383 e. The normalized spacial score (nSPS) is 21.4. The molecule has 0 aliphatic carbocycles. The van der Waals surface area contributed by atoms with E-state index < -0.39 is 9.84 Å². The van der Waals surface area contributed by atoms with E-state index in [4.69, 9.17) is 16.3 Å². The Morgan fingerprint density at radius 3 is 2.95 bits per heavy atom. The molecule has 1 atom stereocenters. The topological polar surface area (TPSA) is 59.5 Å². The Balaban J connectivity index is 2.07. The highest BCUT2D eigenvalue weighted by atomic mass is 35.5. The third kappa shape index (κ3) is 4.41. The van der Waals surface area contributed by atoms with Gasteiger partial charge in [-0.25, -0.2) is 13.4 Å². The van der Waals surface area contributed by atoms with Crippen LogP contribution in [0.4, 0.5) is 0 Å². The van der Waals surface area contributed by atoms with Crippen LogP contribution in [0.15, 0.2) is 18.3 Å². The number of halogens is 1. The number of hydrogen-bond acceptors (Lipinski definition) is 5. The molecule has 1 aliphatic heterocycles. The molecule has 1 saturated heterocycles. The van der Waals surface area contributed by atoms with Gasteiger partial charge in [0.15, 0.2) is 9.84 Å². The van der Waals surface area contributed by atoms with Gasteiger partial charge in [-0.1, -0.05) is 11.6 Å². The first-order valence-corrected chi connectivity index (χ1v) is 8.74. The third-order valence-electron chi connectivity index (χ3n) is 3.48. The van der Waals surface area contributed by atoms with Crippen molar-refractivity contribution in [2.24, 2.45) is 0 Å². The van der Waals surface area contributed by atoms with Crippen LogP contribution in [0.25, 0.3) is 0 Å². The molecule has 1 fully saturated rings. The third-order valence-corrected chi connectivity index (χ3v) is 5.44.